The summed E-state index contributed by atoms with van der Waals surface area (Å²) in [6.45, 7) is 1.71. The topological polar surface area (TPSA) is 30.7 Å². The van der Waals surface area contributed by atoms with Gasteiger partial charge in [0.25, 0.3) is 0 Å². The van der Waals surface area contributed by atoms with Gasteiger partial charge in [-0.05, 0) is 36.7 Å². The maximum Gasteiger partial charge on any atom is 0.229 e. The molecule has 0 bridgehead atoms. The Morgan fingerprint density at radius 3 is 2.67 bits per heavy atom. The highest BCUT2D eigenvalue weighted by Crippen LogP contribution is 2.22. The molecule has 1 heterocycles. The van der Waals surface area contributed by atoms with Crippen LogP contribution in [0.1, 0.15) is 5.82 Å². The standard InChI is InChI=1S/C9H6BrClFN3/c1-5-13-14-9(11)15(5)8-3-2-6(10)4-7(8)12/h2-4H,1H3. The predicted molar refractivity (Wildman–Crippen MR) is 58.8 cm³/mol. The van der Waals surface area contributed by atoms with E-state index in [1.165, 1.54) is 10.6 Å². The number of hydrogen-bond donors (Lipinski definition) is 0. The van der Waals surface area contributed by atoms with Crippen molar-refractivity contribution in [2.24, 2.45) is 0 Å². The molecule has 0 aliphatic heterocycles. The molecule has 78 valence electrons. The second kappa shape index (κ2) is 3.90. The predicted octanol–water partition coefficient (Wildman–Crippen LogP) is 3.13. The summed E-state index contributed by atoms with van der Waals surface area (Å²) < 4.78 is 15.7. The van der Waals surface area contributed by atoms with Crippen molar-refractivity contribution in [1.29, 1.82) is 0 Å². The molecule has 2 rings (SSSR count). The van der Waals surface area contributed by atoms with Crippen molar-refractivity contribution in [2.45, 2.75) is 6.92 Å². The molecule has 2 aromatic rings. The number of nitrogens with zero attached hydrogens (tertiary/aromatic N) is 3. The summed E-state index contributed by atoms with van der Waals surface area (Å²) in [6, 6.07) is 4.71. The highest BCUT2D eigenvalue weighted by atomic mass is 79.9. The van der Waals surface area contributed by atoms with Gasteiger partial charge in [-0.15, -0.1) is 10.2 Å². The van der Waals surface area contributed by atoms with Gasteiger partial charge in [-0.1, -0.05) is 15.9 Å². The van der Waals surface area contributed by atoms with Gasteiger partial charge in [-0.25, -0.2) is 4.39 Å². The first-order chi connectivity index (χ1) is 7.09. The molecule has 0 unspecified atom stereocenters. The van der Waals surface area contributed by atoms with Crippen LogP contribution >= 0.6 is 27.5 Å². The Bertz CT molecular complexity index is 493. The van der Waals surface area contributed by atoms with Gasteiger partial charge < -0.3 is 0 Å². The fraction of sp³-hybridized carbons (Fsp3) is 0.111. The summed E-state index contributed by atoms with van der Waals surface area (Å²) in [5.74, 6) is 0.162. The highest BCUT2D eigenvalue weighted by molar-refractivity contribution is 9.10. The normalized spacial score (nSPS) is 10.7. The second-order valence-corrected chi connectivity index (χ2v) is 4.20. The number of aryl methyl sites for hydroxylation is 1. The van der Waals surface area contributed by atoms with E-state index in [9.17, 15) is 4.39 Å². The fourth-order valence-corrected chi connectivity index (χ4v) is 1.86. The van der Waals surface area contributed by atoms with Gasteiger partial charge in [-0.2, -0.15) is 0 Å². The first kappa shape index (κ1) is 10.6. The number of benzene rings is 1. The first-order valence-corrected chi connectivity index (χ1v) is 5.29. The van der Waals surface area contributed by atoms with Crippen LogP contribution in [0.5, 0.6) is 0 Å². The van der Waals surface area contributed by atoms with Gasteiger partial charge in [0.2, 0.25) is 5.28 Å². The van der Waals surface area contributed by atoms with Crippen molar-refractivity contribution in [3.8, 4) is 5.69 Å². The van der Waals surface area contributed by atoms with Gasteiger partial charge in [-0.3, -0.25) is 4.57 Å². The van der Waals surface area contributed by atoms with Crippen LogP contribution in [0.3, 0.4) is 0 Å². The van der Waals surface area contributed by atoms with Crippen LogP contribution in [0.15, 0.2) is 22.7 Å². The molecule has 0 atom stereocenters. The van der Waals surface area contributed by atoms with Crippen LogP contribution in [-0.4, -0.2) is 14.8 Å². The summed E-state index contributed by atoms with van der Waals surface area (Å²) in [6.07, 6.45) is 0. The smallest absolute Gasteiger partial charge is 0.229 e. The lowest BCUT2D eigenvalue weighted by Gasteiger charge is -2.06. The molecule has 0 radical (unpaired) electrons. The molecule has 0 aliphatic carbocycles. The molecule has 0 spiro atoms. The Balaban J connectivity index is 2.64. The first-order valence-electron chi connectivity index (χ1n) is 4.12. The molecule has 6 heteroatoms. The van der Waals surface area contributed by atoms with E-state index in [-0.39, 0.29) is 11.1 Å². The summed E-state index contributed by atoms with van der Waals surface area (Å²) in [7, 11) is 0. The van der Waals surface area contributed by atoms with Crippen molar-refractivity contribution >= 4 is 27.5 Å². The van der Waals surface area contributed by atoms with Crippen LogP contribution in [0.2, 0.25) is 5.28 Å². The number of hydrogen-bond acceptors (Lipinski definition) is 2. The molecule has 3 nitrogen and oxygen atoms in total. The van der Waals surface area contributed by atoms with Crippen LogP contribution in [-0.2, 0) is 0 Å². The molecule has 1 aromatic carbocycles. The van der Waals surface area contributed by atoms with Crippen LogP contribution < -0.4 is 0 Å². The zero-order valence-corrected chi connectivity index (χ0v) is 10.0. The summed E-state index contributed by atoms with van der Waals surface area (Å²) in [5.41, 5.74) is 0.339. The largest absolute Gasteiger partial charge is 0.267 e. The average Bonchev–Trinajstić information content (AvgIpc) is 2.48. The lowest BCUT2D eigenvalue weighted by molar-refractivity contribution is 0.615. The Hall–Kier alpha value is -0.940. The van der Waals surface area contributed by atoms with E-state index in [1.807, 2.05) is 0 Å². The fourth-order valence-electron chi connectivity index (χ4n) is 1.27. The monoisotopic (exact) mass is 289 g/mol. The molecule has 15 heavy (non-hydrogen) atoms. The Morgan fingerprint density at radius 2 is 2.13 bits per heavy atom. The van der Waals surface area contributed by atoms with Crippen molar-refractivity contribution in [3.05, 3.63) is 39.6 Å². The number of rotatable bonds is 1. The van der Waals surface area contributed by atoms with Gasteiger partial charge in [0, 0.05) is 4.47 Å². The quantitative estimate of drug-likeness (QED) is 0.808. The van der Waals surface area contributed by atoms with Gasteiger partial charge in [0.15, 0.2) is 0 Å². The van der Waals surface area contributed by atoms with Crippen molar-refractivity contribution in [3.63, 3.8) is 0 Å². The van der Waals surface area contributed by atoms with Crippen molar-refractivity contribution in [1.82, 2.24) is 14.8 Å². The minimum atomic E-state index is -0.380. The lowest BCUT2D eigenvalue weighted by Crippen LogP contribution is -2.00. The molecule has 0 fully saturated rings. The highest BCUT2D eigenvalue weighted by Gasteiger charge is 2.12. The molecule has 0 N–H and O–H groups in total. The van der Waals surface area contributed by atoms with E-state index in [0.717, 1.165) is 0 Å². The number of halogens is 3. The lowest BCUT2D eigenvalue weighted by atomic mass is 10.3. The second-order valence-electron chi connectivity index (χ2n) is 2.95. The molecule has 0 saturated carbocycles. The van der Waals surface area contributed by atoms with E-state index < -0.39 is 0 Å². The summed E-state index contributed by atoms with van der Waals surface area (Å²) >= 11 is 8.99. The van der Waals surface area contributed by atoms with E-state index in [0.29, 0.717) is 16.0 Å². The third-order valence-electron chi connectivity index (χ3n) is 1.94. The van der Waals surface area contributed by atoms with E-state index in [2.05, 4.69) is 26.1 Å². The third-order valence-corrected chi connectivity index (χ3v) is 2.67. The molecule has 0 aliphatic rings. The Labute approximate surface area is 99.0 Å². The SMILES string of the molecule is Cc1nnc(Cl)n1-c1ccc(Br)cc1F. The summed E-state index contributed by atoms with van der Waals surface area (Å²) in [5, 5.41) is 7.56. The van der Waals surface area contributed by atoms with Gasteiger partial charge in [0.05, 0.1) is 5.69 Å². The molecular formula is C9H6BrClFN3. The maximum absolute atomic E-state index is 13.6. The van der Waals surface area contributed by atoms with Crippen molar-refractivity contribution in [2.75, 3.05) is 0 Å². The Morgan fingerprint density at radius 1 is 1.40 bits per heavy atom. The van der Waals surface area contributed by atoms with Crippen LogP contribution in [0.25, 0.3) is 5.69 Å². The van der Waals surface area contributed by atoms with Crippen molar-refractivity contribution < 1.29 is 4.39 Å². The summed E-state index contributed by atoms with van der Waals surface area (Å²) in [4.78, 5) is 0. The third kappa shape index (κ3) is 1.89. The molecular weight excluding hydrogens is 284 g/mol. The zero-order valence-electron chi connectivity index (χ0n) is 7.71. The van der Waals surface area contributed by atoms with E-state index >= 15 is 0 Å². The van der Waals surface area contributed by atoms with Gasteiger partial charge >= 0.3 is 0 Å². The minimum absolute atomic E-state index is 0.147. The molecule has 1 aromatic heterocycles. The van der Waals surface area contributed by atoms with Crippen LogP contribution in [0, 0.1) is 12.7 Å². The van der Waals surface area contributed by atoms with E-state index in [4.69, 9.17) is 11.6 Å². The van der Waals surface area contributed by atoms with Gasteiger partial charge in [0.1, 0.15) is 11.6 Å². The van der Waals surface area contributed by atoms with E-state index in [1.54, 1.807) is 19.1 Å². The zero-order chi connectivity index (χ0) is 11.0. The minimum Gasteiger partial charge on any atom is -0.267 e. The average molecular weight is 291 g/mol. The Kier molecular flexibility index (Phi) is 2.75. The molecule has 0 saturated heterocycles. The maximum atomic E-state index is 13.6. The molecule has 0 amide bonds. The van der Waals surface area contributed by atoms with Crippen LogP contribution in [0.4, 0.5) is 4.39 Å². The number of aromatic nitrogens is 3.